The molecular formula is C23H29N5O2S. The molecular weight excluding hydrogens is 410 g/mol. The maximum Gasteiger partial charge on any atom is 0.274 e. The minimum absolute atomic E-state index is 0.0567. The van der Waals surface area contributed by atoms with E-state index in [1.165, 1.54) is 10.4 Å². The first-order chi connectivity index (χ1) is 15.1. The molecule has 2 aromatic heterocycles. The smallest absolute Gasteiger partial charge is 0.274 e. The molecule has 0 saturated carbocycles. The Morgan fingerprint density at radius 3 is 2.87 bits per heavy atom. The summed E-state index contributed by atoms with van der Waals surface area (Å²) in [6.07, 6.45) is 2.90. The minimum Gasteiger partial charge on any atom is -0.378 e. The Kier molecular flexibility index (Phi) is 5.77. The lowest BCUT2D eigenvalue weighted by molar-refractivity contribution is 0.0297. The van der Waals surface area contributed by atoms with Gasteiger partial charge in [-0.25, -0.2) is 4.98 Å². The maximum atomic E-state index is 13.2. The van der Waals surface area contributed by atoms with Crippen molar-refractivity contribution in [1.29, 1.82) is 0 Å². The number of hydrogen-bond acceptors (Lipinski definition) is 6. The van der Waals surface area contributed by atoms with Crippen molar-refractivity contribution in [2.45, 2.75) is 45.3 Å². The van der Waals surface area contributed by atoms with Crippen LogP contribution in [-0.2, 0) is 30.7 Å². The molecule has 1 aliphatic carbocycles. The zero-order valence-electron chi connectivity index (χ0n) is 18.2. The summed E-state index contributed by atoms with van der Waals surface area (Å²) in [5.41, 5.74) is 4.11. The van der Waals surface area contributed by atoms with Gasteiger partial charge in [0.25, 0.3) is 5.91 Å². The highest BCUT2D eigenvalue weighted by atomic mass is 32.1. The van der Waals surface area contributed by atoms with E-state index in [9.17, 15) is 4.79 Å². The Morgan fingerprint density at radius 2 is 2.10 bits per heavy atom. The molecule has 3 heterocycles. The van der Waals surface area contributed by atoms with E-state index >= 15 is 0 Å². The van der Waals surface area contributed by atoms with Crippen LogP contribution < -0.4 is 0 Å². The highest BCUT2D eigenvalue weighted by Crippen LogP contribution is 2.30. The molecule has 1 atom stereocenters. The Balaban J connectivity index is 1.35. The third-order valence-electron chi connectivity index (χ3n) is 6.47. The average molecular weight is 440 g/mol. The maximum absolute atomic E-state index is 13.2. The van der Waals surface area contributed by atoms with Crippen LogP contribution in [0, 0.1) is 0 Å². The van der Waals surface area contributed by atoms with Gasteiger partial charge in [0, 0.05) is 36.9 Å². The zero-order valence-corrected chi connectivity index (χ0v) is 19.0. The fourth-order valence-corrected chi connectivity index (χ4v) is 5.76. The van der Waals surface area contributed by atoms with Gasteiger partial charge in [-0.2, -0.15) is 5.10 Å². The molecule has 1 unspecified atom stereocenters. The number of thiazole rings is 1. The summed E-state index contributed by atoms with van der Waals surface area (Å²) < 4.78 is 8.69. The summed E-state index contributed by atoms with van der Waals surface area (Å²) in [5, 5.41) is 5.89. The summed E-state index contributed by atoms with van der Waals surface area (Å²) in [6.45, 7) is 6.23. The quantitative estimate of drug-likeness (QED) is 0.612. The molecule has 0 bridgehead atoms. The standard InChI is InChI=1S/C23H29N5O2S/c1-3-28-19-9-8-16(26(2)15-21-24-18-6-4-5-7-20(18)31-21)14-17(19)22(25-28)23(29)27-10-12-30-13-11-27/h4-7,16H,3,8-15H2,1-2H3. The zero-order chi connectivity index (χ0) is 21.4. The molecule has 164 valence electrons. The number of aryl methyl sites for hydroxylation is 1. The van der Waals surface area contributed by atoms with E-state index in [1.54, 1.807) is 11.3 Å². The van der Waals surface area contributed by atoms with Gasteiger partial charge in [0.05, 0.1) is 30.0 Å². The molecule has 5 rings (SSSR count). The number of amides is 1. The SMILES string of the molecule is CCn1nc(C(=O)N2CCOCC2)c2c1CCC(N(C)Cc1nc3ccccc3s1)C2. The van der Waals surface area contributed by atoms with Gasteiger partial charge >= 0.3 is 0 Å². The van der Waals surface area contributed by atoms with Crippen LogP contribution in [0.15, 0.2) is 24.3 Å². The van der Waals surface area contributed by atoms with Crippen molar-refractivity contribution in [3.05, 3.63) is 46.2 Å². The second-order valence-corrected chi connectivity index (χ2v) is 9.50. The van der Waals surface area contributed by atoms with E-state index < -0.39 is 0 Å². The summed E-state index contributed by atoms with van der Waals surface area (Å²) >= 11 is 1.77. The molecule has 2 aliphatic rings. The third-order valence-corrected chi connectivity index (χ3v) is 7.49. The second-order valence-electron chi connectivity index (χ2n) is 8.38. The number of nitrogens with zero attached hydrogens (tertiary/aromatic N) is 5. The fourth-order valence-electron chi connectivity index (χ4n) is 4.73. The predicted octanol–water partition coefficient (Wildman–Crippen LogP) is 2.97. The lowest BCUT2D eigenvalue weighted by Crippen LogP contribution is -2.42. The van der Waals surface area contributed by atoms with Crippen LogP contribution in [0.3, 0.4) is 0 Å². The Bertz CT molecular complexity index is 1050. The number of benzene rings is 1. The summed E-state index contributed by atoms with van der Waals surface area (Å²) in [5.74, 6) is 0.0567. The average Bonchev–Trinajstić information content (AvgIpc) is 3.39. The lowest BCUT2D eigenvalue weighted by atomic mass is 9.90. The van der Waals surface area contributed by atoms with Crippen molar-refractivity contribution < 1.29 is 9.53 Å². The molecule has 8 heteroatoms. The van der Waals surface area contributed by atoms with Crippen molar-refractivity contribution >= 4 is 27.5 Å². The van der Waals surface area contributed by atoms with Gasteiger partial charge in [-0.15, -0.1) is 11.3 Å². The Morgan fingerprint density at radius 1 is 1.29 bits per heavy atom. The number of fused-ring (bicyclic) bond motifs is 2. The van der Waals surface area contributed by atoms with Crippen LogP contribution in [-0.4, -0.2) is 69.9 Å². The van der Waals surface area contributed by atoms with E-state index in [-0.39, 0.29) is 5.91 Å². The van der Waals surface area contributed by atoms with E-state index in [0.717, 1.165) is 48.4 Å². The normalized spacial score (nSPS) is 19.2. The van der Waals surface area contributed by atoms with Crippen LogP contribution >= 0.6 is 11.3 Å². The number of rotatable bonds is 5. The van der Waals surface area contributed by atoms with Crippen molar-refractivity contribution in [2.24, 2.45) is 0 Å². The molecule has 0 radical (unpaired) electrons. The van der Waals surface area contributed by atoms with Gasteiger partial charge in [-0.3, -0.25) is 14.4 Å². The van der Waals surface area contributed by atoms with Crippen molar-refractivity contribution in [3.63, 3.8) is 0 Å². The van der Waals surface area contributed by atoms with Gasteiger partial charge in [0.2, 0.25) is 0 Å². The van der Waals surface area contributed by atoms with Crippen LogP contribution in [0.5, 0.6) is 0 Å². The first-order valence-corrected chi connectivity index (χ1v) is 12.0. The Hall–Kier alpha value is -2.29. The van der Waals surface area contributed by atoms with Crippen LogP contribution in [0.25, 0.3) is 10.2 Å². The van der Waals surface area contributed by atoms with Crippen molar-refractivity contribution in [3.8, 4) is 0 Å². The van der Waals surface area contributed by atoms with Crippen LogP contribution in [0.2, 0.25) is 0 Å². The summed E-state index contributed by atoms with van der Waals surface area (Å²) in [6, 6.07) is 8.69. The number of para-hydroxylation sites is 1. The molecule has 1 saturated heterocycles. The summed E-state index contributed by atoms with van der Waals surface area (Å²) in [4.78, 5) is 22.3. The monoisotopic (exact) mass is 439 g/mol. The molecule has 7 nitrogen and oxygen atoms in total. The molecule has 1 fully saturated rings. The van der Waals surface area contributed by atoms with E-state index in [1.807, 2.05) is 15.6 Å². The van der Waals surface area contributed by atoms with Gasteiger partial charge in [0.1, 0.15) is 5.01 Å². The topological polar surface area (TPSA) is 63.5 Å². The molecule has 1 aliphatic heterocycles. The van der Waals surface area contributed by atoms with Gasteiger partial charge in [0.15, 0.2) is 5.69 Å². The number of carbonyl (C=O) groups excluding carboxylic acids is 1. The number of likely N-dealkylation sites (N-methyl/N-ethyl adjacent to an activating group) is 1. The number of ether oxygens (including phenoxy) is 1. The van der Waals surface area contributed by atoms with Gasteiger partial charge in [-0.1, -0.05) is 12.1 Å². The predicted molar refractivity (Wildman–Crippen MR) is 122 cm³/mol. The molecule has 1 amide bonds. The number of aromatic nitrogens is 3. The minimum atomic E-state index is 0.0567. The largest absolute Gasteiger partial charge is 0.378 e. The van der Waals surface area contributed by atoms with E-state index in [4.69, 9.17) is 14.8 Å². The summed E-state index contributed by atoms with van der Waals surface area (Å²) in [7, 11) is 2.18. The second kappa shape index (κ2) is 8.68. The number of carbonyl (C=O) groups is 1. The van der Waals surface area contributed by atoms with Gasteiger partial charge in [-0.05, 0) is 45.4 Å². The fraction of sp³-hybridized carbons (Fsp3) is 0.522. The lowest BCUT2D eigenvalue weighted by Gasteiger charge is -2.31. The first-order valence-electron chi connectivity index (χ1n) is 11.1. The van der Waals surface area contributed by atoms with Gasteiger partial charge < -0.3 is 9.64 Å². The van der Waals surface area contributed by atoms with Crippen molar-refractivity contribution in [1.82, 2.24) is 24.6 Å². The third kappa shape index (κ3) is 4.00. The number of morpholine rings is 1. The molecule has 0 spiro atoms. The molecule has 3 aromatic rings. The first kappa shape index (κ1) is 20.6. The molecule has 31 heavy (non-hydrogen) atoms. The highest BCUT2D eigenvalue weighted by molar-refractivity contribution is 7.18. The van der Waals surface area contributed by atoms with Crippen LogP contribution in [0.1, 0.15) is 40.1 Å². The number of hydrogen-bond donors (Lipinski definition) is 0. The highest BCUT2D eigenvalue weighted by Gasteiger charge is 2.32. The molecule has 0 N–H and O–H groups in total. The van der Waals surface area contributed by atoms with E-state index in [2.05, 4.69) is 37.1 Å². The van der Waals surface area contributed by atoms with E-state index in [0.29, 0.717) is 38.0 Å². The van der Waals surface area contributed by atoms with Crippen LogP contribution in [0.4, 0.5) is 0 Å². The molecule has 1 aromatic carbocycles. The van der Waals surface area contributed by atoms with Crippen molar-refractivity contribution in [2.75, 3.05) is 33.4 Å². The Labute approximate surface area is 186 Å².